The highest BCUT2D eigenvalue weighted by Crippen LogP contribution is 2.25. The van der Waals surface area contributed by atoms with Crippen molar-refractivity contribution in [2.24, 2.45) is 0 Å². The third-order valence-electron chi connectivity index (χ3n) is 1.21. The summed E-state index contributed by atoms with van der Waals surface area (Å²) < 4.78 is 35.1. The fourth-order valence-corrected chi connectivity index (χ4v) is 0.732. The van der Waals surface area contributed by atoms with E-state index in [4.69, 9.17) is 0 Å². The Morgan fingerprint density at radius 1 is 1.60 bits per heavy atom. The van der Waals surface area contributed by atoms with Gasteiger partial charge in [0.2, 0.25) is 5.91 Å². The van der Waals surface area contributed by atoms with Crippen molar-refractivity contribution in [2.75, 3.05) is 0 Å². The van der Waals surface area contributed by atoms with Gasteiger partial charge in [-0.05, 0) is 0 Å². The Bertz CT molecular complexity index is 153. The van der Waals surface area contributed by atoms with Crippen molar-refractivity contribution in [1.82, 2.24) is 5.32 Å². The van der Waals surface area contributed by atoms with Gasteiger partial charge < -0.3 is 5.32 Å². The van der Waals surface area contributed by atoms with Crippen molar-refractivity contribution in [3.63, 3.8) is 0 Å². The lowest BCUT2D eigenvalue weighted by atomic mass is 10.2. The molecule has 0 aliphatic carbocycles. The topological polar surface area (TPSA) is 29.1 Å². The van der Waals surface area contributed by atoms with Crippen LogP contribution in [-0.4, -0.2) is 18.1 Å². The number of hydrogen-bond donors (Lipinski definition) is 1. The summed E-state index contributed by atoms with van der Waals surface area (Å²) >= 11 is 0. The lowest BCUT2D eigenvalue weighted by Gasteiger charge is -2.12. The number of carbonyl (C=O) groups excluding carboxylic acids is 1. The number of rotatable bonds is 0. The van der Waals surface area contributed by atoms with E-state index in [1.165, 1.54) is 0 Å². The highest BCUT2D eigenvalue weighted by atomic mass is 19.4. The third-order valence-corrected chi connectivity index (χ3v) is 1.21. The van der Waals surface area contributed by atoms with E-state index in [1.807, 2.05) is 0 Å². The van der Waals surface area contributed by atoms with Crippen LogP contribution >= 0.6 is 0 Å². The molecular weight excluding hydrogens is 147 g/mol. The van der Waals surface area contributed by atoms with Gasteiger partial charge in [-0.2, -0.15) is 13.2 Å². The molecule has 1 N–H and O–H groups in total. The summed E-state index contributed by atoms with van der Waals surface area (Å²) in [5.41, 5.74) is 0. The van der Waals surface area contributed by atoms with Crippen LogP contribution in [0, 0.1) is 6.42 Å². The monoisotopic (exact) mass is 152 g/mol. The molecule has 1 aliphatic rings. The van der Waals surface area contributed by atoms with E-state index in [0.29, 0.717) is 0 Å². The summed E-state index contributed by atoms with van der Waals surface area (Å²) in [6, 6.07) is -1.74. The molecule has 0 aromatic heterocycles. The SMILES string of the molecule is O=C1C[CH]C(C(F)(F)F)N1. The summed E-state index contributed by atoms with van der Waals surface area (Å²) in [6.07, 6.45) is -3.54. The van der Waals surface area contributed by atoms with Crippen LogP contribution in [-0.2, 0) is 4.79 Å². The first-order chi connectivity index (χ1) is 4.50. The van der Waals surface area contributed by atoms with E-state index >= 15 is 0 Å². The first-order valence-electron chi connectivity index (χ1n) is 2.69. The Morgan fingerprint density at radius 2 is 2.20 bits per heavy atom. The highest BCUT2D eigenvalue weighted by Gasteiger charge is 2.43. The number of hydrogen-bond acceptors (Lipinski definition) is 1. The maximum absolute atomic E-state index is 11.7. The lowest BCUT2D eigenvalue weighted by Crippen LogP contribution is -2.38. The molecule has 10 heavy (non-hydrogen) atoms. The second-order valence-corrected chi connectivity index (χ2v) is 2.03. The van der Waals surface area contributed by atoms with Crippen LogP contribution in [0.5, 0.6) is 0 Å². The predicted octanol–water partition coefficient (Wildman–Crippen LogP) is 0.641. The molecule has 57 valence electrons. The first kappa shape index (κ1) is 7.37. The second-order valence-electron chi connectivity index (χ2n) is 2.03. The standard InChI is InChI=1S/C5H5F3NO/c6-5(7,8)3-1-2-4(10)9-3/h1,3H,2H2,(H,9,10). The molecule has 1 amide bonds. The zero-order chi connectivity index (χ0) is 7.78. The molecule has 0 saturated carbocycles. The fraction of sp³-hybridized carbons (Fsp3) is 0.600. The number of amides is 1. The van der Waals surface area contributed by atoms with Gasteiger partial charge in [0, 0.05) is 12.8 Å². The molecule has 1 saturated heterocycles. The van der Waals surface area contributed by atoms with E-state index in [9.17, 15) is 18.0 Å². The highest BCUT2D eigenvalue weighted by molar-refractivity contribution is 5.80. The molecule has 1 rings (SSSR count). The number of alkyl halides is 3. The molecule has 0 aromatic rings. The Balaban J connectivity index is 2.53. The molecule has 5 heteroatoms. The van der Waals surface area contributed by atoms with E-state index in [1.54, 1.807) is 5.32 Å². The van der Waals surface area contributed by atoms with Crippen LogP contribution in [0.3, 0.4) is 0 Å². The van der Waals surface area contributed by atoms with Gasteiger partial charge in [-0.25, -0.2) is 0 Å². The van der Waals surface area contributed by atoms with Crippen LogP contribution in [0.2, 0.25) is 0 Å². The fourth-order valence-electron chi connectivity index (χ4n) is 0.732. The summed E-state index contributed by atoms with van der Waals surface area (Å²) in [4.78, 5) is 10.3. The maximum atomic E-state index is 11.7. The Hall–Kier alpha value is -0.740. The minimum atomic E-state index is -4.33. The molecule has 1 atom stereocenters. The Kier molecular flexibility index (Phi) is 1.58. The predicted molar refractivity (Wildman–Crippen MR) is 26.9 cm³/mol. The van der Waals surface area contributed by atoms with Gasteiger partial charge in [-0.15, -0.1) is 0 Å². The molecule has 2 nitrogen and oxygen atoms in total. The molecule has 1 heterocycles. The van der Waals surface area contributed by atoms with E-state index in [-0.39, 0.29) is 6.42 Å². The zero-order valence-electron chi connectivity index (χ0n) is 4.90. The molecule has 0 bridgehead atoms. The van der Waals surface area contributed by atoms with Crippen molar-refractivity contribution < 1.29 is 18.0 Å². The van der Waals surface area contributed by atoms with Gasteiger partial charge in [0.15, 0.2) is 0 Å². The van der Waals surface area contributed by atoms with Gasteiger partial charge in [-0.1, -0.05) is 0 Å². The Morgan fingerprint density at radius 3 is 2.40 bits per heavy atom. The molecule has 1 fully saturated rings. The van der Waals surface area contributed by atoms with Gasteiger partial charge in [0.1, 0.15) is 6.04 Å². The summed E-state index contributed by atoms with van der Waals surface area (Å²) in [5, 5.41) is 1.77. The van der Waals surface area contributed by atoms with Crippen molar-refractivity contribution in [3.05, 3.63) is 6.42 Å². The van der Waals surface area contributed by atoms with E-state index in [2.05, 4.69) is 0 Å². The van der Waals surface area contributed by atoms with Crippen LogP contribution in [0.15, 0.2) is 0 Å². The minimum absolute atomic E-state index is 0.135. The quantitative estimate of drug-likeness (QED) is 0.542. The van der Waals surface area contributed by atoms with E-state index < -0.39 is 18.1 Å². The number of nitrogens with one attached hydrogen (secondary N) is 1. The van der Waals surface area contributed by atoms with Gasteiger partial charge in [-0.3, -0.25) is 4.79 Å². The zero-order valence-corrected chi connectivity index (χ0v) is 4.90. The average molecular weight is 152 g/mol. The van der Waals surface area contributed by atoms with Crippen LogP contribution in [0.25, 0.3) is 0 Å². The van der Waals surface area contributed by atoms with Crippen molar-refractivity contribution in [3.8, 4) is 0 Å². The van der Waals surface area contributed by atoms with Gasteiger partial charge in [0.25, 0.3) is 0 Å². The second kappa shape index (κ2) is 2.14. The normalized spacial score (nSPS) is 26.7. The van der Waals surface area contributed by atoms with Crippen molar-refractivity contribution in [2.45, 2.75) is 18.6 Å². The van der Waals surface area contributed by atoms with Crippen LogP contribution < -0.4 is 5.32 Å². The van der Waals surface area contributed by atoms with Crippen molar-refractivity contribution in [1.29, 1.82) is 0 Å². The molecule has 1 radical (unpaired) electrons. The largest absolute Gasteiger partial charge is 0.408 e. The van der Waals surface area contributed by atoms with Gasteiger partial charge in [0.05, 0.1) is 0 Å². The molecule has 1 unspecified atom stereocenters. The first-order valence-corrected chi connectivity index (χ1v) is 2.69. The molecule has 1 aliphatic heterocycles. The average Bonchev–Trinajstić information content (AvgIpc) is 2.11. The third kappa shape index (κ3) is 1.40. The number of carbonyl (C=O) groups is 1. The van der Waals surface area contributed by atoms with Crippen LogP contribution in [0.4, 0.5) is 13.2 Å². The lowest BCUT2D eigenvalue weighted by molar-refractivity contribution is -0.149. The minimum Gasteiger partial charge on any atom is -0.344 e. The smallest absolute Gasteiger partial charge is 0.344 e. The summed E-state index contributed by atoms with van der Waals surface area (Å²) in [5.74, 6) is -0.567. The molecule has 0 spiro atoms. The van der Waals surface area contributed by atoms with Crippen LogP contribution in [0.1, 0.15) is 6.42 Å². The molecule has 0 aromatic carbocycles. The van der Waals surface area contributed by atoms with Crippen molar-refractivity contribution >= 4 is 5.91 Å². The summed E-state index contributed by atoms with van der Waals surface area (Å²) in [6.45, 7) is 0. The maximum Gasteiger partial charge on any atom is 0.408 e. The van der Waals surface area contributed by atoms with E-state index in [0.717, 1.165) is 6.42 Å². The van der Waals surface area contributed by atoms with Gasteiger partial charge >= 0.3 is 6.18 Å². The number of halogens is 3. The summed E-state index contributed by atoms with van der Waals surface area (Å²) in [7, 11) is 0. The molecular formula is C5H5F3NO. The Labute approximate surface area is 55.4 Å².